The van der Waals surface area contributed by atoms with Gasteiger partial charge in [0.05, 0.1) is 22.3 Å². The Labute approximate surface area is 203 Å². The number of nitro benzene ring substituents is 1. The van der Waals surface area contributed by atoms with E-state index >= 15 is 0 Å². The van der Waals surface area contributed by atoms with Crippen LogP contribution in [0.2, 0.25) is 0 Å². The SMILES string of the molecule is CC(=O)N1c2ccccc2NC2=C(C(=O)C[C@@H](c3cccc([N+](=O)[O-])c3)C2)[C@@H]1c1ccc(C)cc1. The number of allylic oxidation sites excluding steroid dienone is 1. The van der Waals surface area contributed by atoms with E-state index in [1.54, 1.807) is 17.0 Å². The summed E-state index contributed by atoms with van der Waals surface area (Å²) in [6.07, 6.45) is 0.719. The van der Waals surface area contributed by atoms with Gasteiger partial charge in [0, 0.05) is 36.7 Å². The van der Waals surface area contributed by atoms with Gasteiger partial charge in [-0.1, -0.05) is 54.1 Å². The predicted octanol–water partition coefficient (Wildman–Crippen LogP) is 5.82. The highest BCUT2D eigenvalue weighted by Gasteiger charge is 2.40. The fraction of sp³-hybridized carbons (Fsp3) is 0.214. The topological polar surface area (TPSA) is 92.6 Å². The minimum absolute atomic E-state index is 0.00850. The lowest BCUT2D eigenvalue weighted by Gasteiger charge is -2.34. The summed E-state index contributed by atoms with van der Waals surface area (Å²) < 4.78 is 0. The molecule has 176 valence electrons. The van der Waals surface area contributed by atoms with Gasteiger partial charge >= 0.3 is 0 Å². The Hall–Kier alpha value is -4.26. The van der Waals surface area contributed by atoms with Crippen LogP contribution in [0.4, 0.5) is 17.1 Å². The maximum absolute atomic E-state index is 13.8. The zero-order valence-corrected chi connectivity index (χ0v) is 19.5. The summed E-state index contributed by atoms with van der Waals surface area (Å²) in [5.74, 6) is -0.435. The maximum atomic E-state index is 13.8. The highest BCUT2D eigenvalue weighted by molar-refractivity contribution is 6.06. The molecule has 0 radical (unpaired) electrons. The van der Waals surface area contributed by atoms with Crippen molar-refractivity contribution in [3.05, 3.63) is 111 Å². The third-order valence-electron chi connectivity index (χ3n) is 6.77. The van der Waals surface area contributed by atoms with E-state index in [9.17, 15) is 19.7 Å². The van der Waals surface area contributed by atoms with Gasteiger partial charge in [-0.3, -0.25) is 24.6 Å². The molecule has 1 aliphatic heterocycles. The summed E-state index contributed by atoms with van der Waals surface area (Å²) in [7, 11) is 0. The molecule has 1 amide bonds. The van der Waals surface area contributed by atoms with Crippen molar-refractivity contribution in [1.82, 2.24) is 0 Å². The summed E-state index contributed by atoms with van der Waals surface area (Å²) >= 11 is 0. The number of hydrogen-bond donors (Lipinski definition) is 1. The normalized spacial score (nSPS) is 19.4. The van der Waals surface area contributed by atoms with Crippen molar-refractivity contribution in [1.29, 1.82) is 0 Å². The lowest BCUT2D eigenvalue weighted by molar-refractivity contribution is -0.384. The molecule has 0 saturated carbocycles. The van der Waals surface area contributed by atoms with Crippen molar-refractivity contribution >= 4 is 28.8 Å². The van der Waals surface area contributed by atoms with Crippen LogP contribution in [0.1, 0.15) is 48.4 Å². The van der Waals surface area contributed by atoms with E-state index in [1.165, 1.54) is 13.0 Å². The Kier molecular flexibility index (Phi) is 5.68. The monoisotopic (exact) mass is 467 g/mol. The minimum atomic E-state index is -0.571. The molecular weight excluding hydrogens is 442 g/mol. The second-order valence-corrected chi connectivity index (χ2v) is 9.12. The average molecular weight is 468 g/mol. The Bertz CT molecular complexity index is 1380. The van der Waals surface area contributed by atoms with Gasteiger partial charge in [0.25, 0.3) is 5.69 Å². The van der Waals surface area contributed by atoms with Crippen molar-refractivity contribution in [3.63, 3.8) is 0 Å². The van der Waals surface area contributed by atoms with Gasteiger partial charge in [0.2, 0.25) is 5.91 Å². The third-order valence-corrected chi connectivity index (χ3v) is 6.77. The van der Waals surface area contributed by atoms with Crippen molar-refractivity contribution in [2.45, 2.75) is 38.6 Å². The number of rotatable bonds is 3. The number of non-ortho nitro benzene ring substituents is 1. The van der Waals surface area contributed by atoms with Gasteiger partial charge < -0.3 is 5.32 Å². The third kappa shape index (κ3) is 4.10. The van der Waals surface area contributed by atoms with Crippen LogP contribution in [0.3, 0.4) is 0 Å². The Morgan fingerprint density at radius 1 is 1.00 bits per heavy atom. The molecule has 0 aromatic heterocycles. The number of aryl methyl sites for hydroxylation is 1. The van der Waals surface area contributed by atoms with Crippen molar-refractivity contribution < 1.29 is 14.5 Å². The molecule has 0 fully saturated rings. The largest absolute Gasteiger partial charge is 0.357 e. The second-order valence-electron chi connectivity index (χ2n) is 9.12. The standard InChI is InChI=1S/C28H25N3O4/c1-17-10-12-19(13-11-17)28-27-24(29-23-8-3-4-9-25(23)30(28)18(2)32)15-21(16-26(27)33)20-6-5-7-22(14-20)31(34)35/h3-14,21,28-29H,15-16H2,1-2H3/t21-,28-/m0/s1. The van der Waals surface area contributed by atoms with Gasteiger partial charge in [0.1, 0.15) is 0 Å². The number of carbonyl (C=O) groups is 2. The number of nitrogens with zero attached hydrogens (tertiary/aromatic N) is 2. The number of nitro groups is 1. The number of amides is 1. The molecule has 3 aromatic rings. The lowest BCUT2D eigenvalue weighted by Crippen LogP contribution is -2.37. The molecule has 1 heterocycles. The number of hydrogen-bond acceptors (Lipinski definition) is 5. The molecule has 0 spiro atoms. The van der Waals surface area contributed by atoms with Crippen molar-refractivity contribution in [2.75, 3.05) is 10.2 Å². The quantitative estimate of drug-likeness (QED) is 0.387. The number of benzene rings is 3. The first-order valence-electron chi connectivity index (χ1n) is 11.6. The number of anilines is 2. The van der Waals surface area contributed by atoms with Gasteiger partial charge in [-0.2, -0.15) is 0 Å². The maximum Gasteiger partial charge on any atom is 0.269 e. The highest BCUT2D eigenvalue weighted by atomic mass is 16.6. The summed E-state index contributed by atoms with van der Waals surface area (Å²) in [4.78, 5) is 39.4. The van der Waals surface area contributed by atoms with Crippen LogP contribution in [0.25, 0.3) is 0 Å². The first kappa shape index (κ1) is 22.5. The Morgan fingerprint density at radius 3 is 2.46 bits per heavy atom. The van der Waals surface area contributed by atoms with Crippen LogP contribution in [-0.2, 0) is 9.59 Å². The highest BCUT2D eigenvalue weighted by Crippen LogP contribution is 2.47. The molecule has 2 aliphatic rings. The van der Waals surface area contributed by atoms with Crippen LogP contribution in [0.15, 0.2) is 84.1 Å². The van der Waals surface area contributed by atoms with Crippen LogP contribution in [0.5, 0.6) is 0 Å². The van der Waals surface area contributed by atoms with Crippen molar-refractivity contribution in [3.8, 4) is 0 Å². The number of carbonyl (C=O) groups excluding carboxylic acids is 2. The van der Waals surface area contributed by atoms with E-state index in [0.717, 1.165) is 28.1 Å². The van der Waals surface area contributed by atoms with Gasteiger partial charge in [-0.05, 0) is 42.5 Å². The molecule has 0 bridgehead atoms. The Morgan fingerprint density at radius 2 is 1.74 bits per heavy atom. The number of fused-ring (bicyclic) bond motifs is 1. The second kappa shape index (κ2) is 8.83. The molecular formula is C28H25N3O4. The summed E-state index contributed by atoms with van der Waals surface area (Å²) in [6.45, 7) is 3.51. The van der Waals surface area contributed by atoms with E-state index in [2.05, 4.69) is 5.32 Å². The van der Waals surface area contributed by atoms with Crippen LogP contribution >= 0.6 is 0 Å². The molecule has 1 aliphatic carbocycles. The van der Waals surface area contributed by atoms with E-state index in [1.807, 2.05) is 61.5 Å². The summed E-state index contributed by atoms with van der Waals surface area (Å²) in [5, 5.41) is 14.8. The number of ketones is 1. The number of para-hydroxylation sites is 2. The smallest absolute Gasteiger partial charge is 0.269 e. The molecule has 5 rings (SSSR count). The fourth-order valence-corrected chi connectivity index (χ4v) is 5.13. The Balaban J connectivity index is 1.67. The van der Waals surface area contributed by atoms with E-state index in [0.29, 0.717) is 17.7 Å². The molecule has 0 saturated heterocycles. The fourth-order valence-electron chi connectivity index (χ4n) is 5.13. The van der Waals surface area contributed by atoms with E-state index in [4.69, 9.17) is 0 Å². The molecule has 35 heavy (non-hydrogen) atoms. The average Bonchev–Trinajstić information content (AvgIpc) is 2.99. The molecule has 2 atom stereocenters. The van der Waals surface area contributed by atoms with Crippen LogP contribution < -0.4 is 10.2 Å². The van der Waals surface area contributed by atoms with E-state index in [-0.39, 0.29) is 29.7 Å². The summed E-state index contributed by atoms with van der Waals surface area (Å²) in [5.41, 5.74) is 5.49. The summed E-state index contributed by atoms with van der Waals surface area (Å²) in [6, 6.07) is 21.4. The van der Waals surface area contributed by atoms with Gasteiger partial charge in [-0.25, -0.2) is 0 Å². The minimum Gasteiger partial charge on any atom is -0.357 e. The first-order valence-corrected chi connectivity index (χ1v) is 11.6. The van der Waals surface area contributed by atoms with Crippen molar-refractivity contribution in [2.24, 2.45) is 0 Å². The molecule has 3 aromatic carbocycles. The van der Waals surface area contributed by atoms with Gasteiger partial charge in [0.15, 0.2) is 5.78 Å². The first-order chi connectivity index (χ1) is 16.8. The van der Waals surface area contributed by atoms with Gasteiger partial charge in [-0.15, -0.1) is 0 Å². The molecule has 7 heteroatoms. The number of nitrogens with one attached hydrogen (secondary N) is 1. The molecule has 0 unspecified atom stereocenters. The predicted molar refractivity (Wildman–Crippen MR) is 134 cm³/mol. The zero-order valence-electron chi connectivity index (χ0n) is 19.5. The molecule has 7 nitrogen and oxygen atoms in total. The lowest BCUT2D eigenvalue weighted by atomic mass is 9.78. The zero-order chi connectivity index (χ0) is 24.7. The van der Waals surface area contributed by atoms with Crippen LogP contribution in [0, 0.1) is 17.0 Å². The molecule has 1 N–H and O–H groups in total. The number of Topliss-reactive ketones (excluding diaryl/α,β-unsaturated/α-hetero) is 1. The van der Waals surface area contributed by atoms with Crippen LogP contribution in [-0.4, -0.2) is 16.6 Å². The van der Waals surface area contributed by atoms with E-state index < -0.39 is 11.0 Å².